The highest BCUT2D eigenvalue weighted by atomic mass is 35.5. The summed E-state index contributed by atoms with van der Waals surface area (Å²) in [7, 11) is 3.94. The Morgan fingerprint density at radius 3 is 2.57 bits per heavy atom. The number of anilines is 1. The molecule has 5 fully saturated rings. The number of carbonyl (C=O) groups is 1. The predicted molar refractivity (Wildman–Crippen MR) is 118 cm³/mol. The summed E-state index contributed by atoms with van der Waals surface area (Å²) in [6.07, 6.45) is 7.93. The normalized spacial score (nSPS) is 35.7. The molecule has 2 heterocycles. The number of nitrogens with zero attached hydrogens (tertiary/aromatic N) is 3. The molecule has 4 bridgehead atoms. The Morgan fingerprint density at radius 2 is 1.93 bits per heavy atom. The number of aliphatic hydroxyl groups is 1. The van der Waals surface area contributed by atoms with Crippen molar-refractivity contribution >= 4 is 23.2 Å². The second-order valence-corrected chi connectivity index (χ2v) is 11.0. The molecule has 4 saturated carbocycles. The van der Waals surface area contributed by atoms with Crippen molar-refractivity contribution in [3.8, 4) is 0 Å². The van der Waals surface area contributed by atoms with Crippen LogP contribution in [0.25, 0.3) is 0 Å². The van der Waals surface area contributed by atoms with Gasteiger partial charge < -0.3 is 15.3 Å². The van der Waals surface area contributed by atoms with Gasteiger partial charge in [-0.3, -0.25) is 9.48 Å². The highest BCUT2D eigenvalue weighted by molar-refractivity contribution is 6.36. The average molecular weight is 435 g/mol. The van der Waals surface area contributed by atoms with Crippen LogP contribution in [0, 0.1) is 29.6 Å². The number of hydrogen-bond donors (Lipinski definition) is 2. The summed E-state index contributed by atoms with van der Waals surface area (Å²) >= 11 is 6.73. The fourth-order valence-corrected chi connectivity index (χ4v) is 7.76. The van der Waals surface area contributed by atoms with Crippen LogP contribution in [0.2, 0.25) is 5.02 Å². The largest absolute Gasteiger partial charge is 0.390 e. The molecule has 6 rings (SSSR count). The molecule has 166 valence electrons. The van der Waals surface area contributed by atoms with Crippen LogP contribution >= 0.6 is 11.6 Å². The van der Waals surface area contributed by atoms with E-state index in [1.807, 2.05) is 7.05 Å². The molecule has 0 aromatic carbocycles. The van der Waals surface area contributed by atoms with Crippen molar-refractivity contribution in [3.05, 3.63) is 10.7 Å². The fourth-order valence-electron chi connectivity index (χ4n) is 7.35. The van der Waals surface area contributed by atoms with E-state index in [-0.39, 0.29) is 5.78 Å². The van der Waals surface area contributed by atoms with E-state index in [2.05, 4.69) is 22.4 Å². The van der Waals surface area contributed by atoms with Gasteiger partial charge in [-0.25, -0.2) is 0 Å². The average Bonchev–Trinajstić information content (AvgIpc) is 2.98. The van der Waals surface area contributed by atoms with E-state index in [1.54, 1.807) is 4.68 Å². The summed E-state index contributed by atoms with van der Waals surface area (Å²) in [5.41, 5.74) is -0.0257. The molecule has 4 aliphatic carbocycles. The molecule has 1 aliphatic heterocycles. The molecule has 6 nitrogen and oxygen atoms in total. The lowest BCUT2D eigenvalue weighted by molar-refractivity contribution is -0.151. The minimum atomic E-state index is -0.455. The van der Waals surface area contributed by atoms with E-state index in [0.717, 1.165) is 44.7 Å². The Balaban J connectivity index is 1.29. The van der Waals surface area contributed by atoms with Gasteiger partial charge >= 0.3 is 0 Å². The van der Waals surface area contributed by atoms with Crippen molar-refractivity contribution in [2.75, 3.05) is 31.6 Å². The lowest BCUT2D eigenvalue weighted by atomic mass is 9.49. The Kier molecular flexibility index (Phi) is 5.39. The lowest BCUT2D eigenvalue weighted by Crippen LogP contribution is -2.54. The van der Waals surface area contributed by atoms with Crippen LogP contribution in [0.4, 0.5) is 5.82 Å². The Labute approximate surface area is 184 Å². The second kappa shape index (κ2) is 7.79. The Bertz CT molecular complexity index is 802. The lowest BCUT2D eigenvalue weighted by Gasteiger charge is -2.58. The highest BCUT2D eigenvalue weighted by Crippen LogP contribution is 2.59. The maximum Gasteiger partial charge on any atom is 0.184 e. The Hall–Kier alpha value is -1.11. The molecule has 7 heteroatoms. The van der Waals surface area contributed by atoms with Crippen LogP contribution in [0.5, 0.6) is 0 Å². The summed E-state index contributed by atoms with van der Waals surface area (Å²) < 4.78 is 1.77. The number of halogens is 1. The SMILES string of the molecule is CN(CC1CCNCC1)c1c(Cl)c(C(=O)CC2C3CC4CC2CC(O)(C4)C3)nn1C. The van der Waals surface area contributed by atoms with Crippen LogP contribution in [-0.2, 0) is 7.05 Å². The quantitative estimate of drug-likeness (QED) is 0.672. The molecule has 0 amide bonds. The third-order valence-corrected chi connectivity index (χ3v) is 8.78. The number of aromatic nitrogens is 2. The van der Waals surface area contributed by atoms with Crippen molar-refractivity contribution < 1.29 is 9.90 Å². The first-order valence-corrected chi connectivity index (χ1v) is 12.1. The number of ketones is 1. The van der Waals surface area contributed by atoms with E-state index in [9.17, 15) is 9.90 Å². The summed E-state index contributed by atoms with van der Waals surface area (Å²) in [5.74, 6) is 3.56. The van der Waals surface area contributed by atoms with Crippen LogP contribution in [0.1, 0.15) is 61.9 Å². The third-order valence-electron chi connectivity index (χ3n) is 8.43. The summed E-state index contributed by atoms with van der Waals surface area (Å²) in [5, 5.41) is 19.3. The maximum atomic E-state index is 13.3. The van der Waals surface area contributed by atoms with Gasteiger partial charge in [0.25, 0.3) is 0 Å². The highest BCUT2D eigenvalue weighted by Gasteiger charge is 2.54. The predicted octanol–water partition coefficient (Wildman–Crippen LogP) is 3.27. The molecule has 1 aromatic heterocycles. The van der Waals surface area contributed by atoms with Gasteiger partial charge in [0.15, 0.2) is 5.78 Å². The summed E-state index contributed by atoms with van der Waals surface area (Å²) in [6.45, 7) is 3.07. The molecule has 2 unspecified atom stereocenters. The van der Waals surface area contributed by atoms with Crippen LogP contribution in [0.3, 0.4) is 0 Å². The first-order chi connectivity index (χ1) is 14.3. The van der Waals surface area contributed by atoms with Crippen LogP contribution in [-0.4, -0.2) is 53.0 Å². The molecule has 0 spiro atoms. The van der Waals surface area contributed by atoms with Gasteiger partial charge in [0.05, 0.1) is 5.60 Å². The molecule has 1 aromatic rings. The monoisotopic (exact) mass is 434 g/mol. The van der Waals surface area contributed by atoms with Gasteiger partial charge in [0.1, 0.15) is 16.5 Å². The number of Topliss-reactive ketones (excluding diaryl/α,β-unsaturated/α-hetero) is 1. The van der Waals surface area contributed by atoms with Crippen LogP contribution < -0.4 is 10.2 Å². The zero-order valence-corrected chi connectivity index (χ0v) is 19.0. The zero-order chi connectivity index (χ0) is 21.0. The molecular weight excluding hydrogens is 400 g/mol. The minimum absolute atomic E-state index is 0.0709. The van der Waals surface area contributed by atoms with E-state index in [4.69, 9.17) is 11.6 Å². The molecular formula is C23H35ClN4O2. The fraction of sp³-hybridized carbons (Fsp3) is 0.826. The van der Waals surface area contributed by atoms with E-state index < -0.39 is 5.60 Å². The van der Waals surface area contributed by atoms with Gasteiger partial charge in [-0.05, 0) is 87.6 Å². The zero-order valence-electron chi connectivity index (χ0n) is 18.2. The Morgan fingerprint density at radius 1 is 1.27 bits per heavy atom. The number of rotatable bonds is 6. The van der Waals surface area contributed by atoms with Crippen molar-refractivity contribution in [2.45, 2.75) is 57.0 Å². The van der Waals surface area contributed by atoms with Gasteiger partial charge in [0.2, 0.25) is 0 Å². The molecule has 2 N–H and O–H groups in total. The van der Waals surface area contributed by atoms with E-state index in [1.165, 1.54) is 25.7 Å². The van der Waals surface area contributed by atoms with Crippen molar-refractivity contribution in [1.82, 2.24) is 15.1 Å². The van der Waals surface area contributed by atoms with Crippen molar-refractivity contribution in [3.63, 3.8) is 0 Å². The van der Waals surface area contributed by atoms with Gasteiger partial charge in [-0.1, -0.05) is 11.6 Å². The van der Waals surface area contributed by atoms with Crippen molar-refractivity contribution in [2.24, 2.45) is 36.6 Å². The number of carbonyl (C=O) groups excluding carboxylic acids is 1. The number of piperidine rings is 1. The molecule has 30 heavy (non-hydrogen) atoms. The number of nitrogens with one attached hydrogen (secondary N) is 1. The second-order valence-electron chi connectivity index (χ2n) is 10.7. The summed E-state index contributed by atoms with van der Waals surface area (Å²) in [6, 6.07) is 0. The molecule has 1 saturated heterocycles. The molecule has 2 atom stereocenters. The van der Waals surface area contributed by atoms with Crippen LogP contribution in [0.15, 0.2) is 0 Å². The van der Waals surface area contributed by atoms with E-state index in [0.29, 0.717) is 46.7 Å². The number of aryl methyl sites for hydroxylation is 1. The van der Waals surface area contributed by atoms with Crippen molar-refractivity contribution in [1.29, 1.82) is 0 Å². The van der Waals surface area contributed by atoms with Gasteiger partial charge in [-0.15, -0.1) is 0 Å². The van der Waals surface area contributed by atoms with Gasteiger partial charge in [0, 0.05) is 27.1 Å². The number of hydrogen-bond acceptors (Lipinski definition) is 5. The summed E-state index contributed by atoms with van der Waals surface area (Å²) in [4.78, 5) is 15.4. The first kappa shape index (κ1) is 20.8. The topological polar surface area (TPSA) is 70.4 Å². The third kappa shape index (κ3) is 3.69. The van der Waals surface area contributed by atoms with Gasteiger partial charge in [-0.2, -0.15) is 5.10 Å². The maximum absolute atomic E-state index is 13.3. The smallest absolute Gasteiger partial charge is 0.184 e. The first-order valence-electron chi connectivity index (χ1n) is 11.7. The van der Waals surface area contributed by atoms with E-state index >= 15 is 0 Å². The standard InChI is InChI=1S/C23H35ClN4O2/c1-27(13-14-3-5-25-6-4-14)22-20(24)21(26-28(22)2)19(29)9-18-16-7-15-8-17(18)12-23(30,10-15)11-16/h14-18,25,30H,3-13H2,1-2H3. The molecule has 0 radical (unpaired) electrons. The minimum Gasteiger partial charge on any atom is -0.390 e. The molecule has 5 aliphatic rings.